The molecular formula is C17H32ClN3S. The molecule has 1 atom stereocenters. The molecule has 1 aromatic heterocycles. The Morgan fingerprint density at radius 2 is 1.95 bits per heavy atom. The van der Waals surface area contributed by atoms with Gasteiger partial charge in [0.05, 0.1) is 0 Å². The SMILES string of the molecule is CCN(CC)CCN(Cc1cccs1)CC1(C)CCNC1.Cl. The lowest BCUT2D eigenvalue weighted by Gasteiger charge is -2.33. The van der Waals surface area contributed by atoms with E-state index in [1.807, 2.05) is 11.3 Å². The Morgan fingerprint density at radius 1 is 1.23 bits per heavy atom. The summed E-state index contributed by atoms with van der Waals surface area (Å²) in [6.07, 6.45) is 1.30. The molecule has 1 aliphatic rings. The predicted octanol–water partition coefficient (Wildman–Crippen LogP) is 3.31. The number of thiophene rings is 1. The minimum absolute atomic E-state index is 0. The number of hydrogen-bond acceptors (Lipinski definition) is 4. The third kappa shape index (κ3) is 6.17. The van der Waals surface area contributed by atoms with Crippen molar-refractivity contribution in [3.8, 4) is 0 Å². The van der Waals surface area contributed by atoms with Gasteiger partial charge in [-0.05, 0) is 42.9 Å². The lowest BCUT2D eigenvalue weighted by Crippen LogP contribution is -2.41. The van der Waals surface area contributed by atoms with Crippen LogP contribution < -0.4 is 5.32 Å². The van der Waals surface area contributed by atoms with Crippen molar-refractivity contribution in [2.45, 2.75) is 33.7 Å². The monoisotopic (exact) mass is 345 g/mol. The zero-order chi connectivity index (χ0) is 15.1. The normalized spacial score (nSPS) is 21.5. The van der Waals surface area contributed by atoms with Gasteiger partial charge < -0.3 is 10.2 Å². The van der Waals surface area contributed by atoms with Crippen molar-refractivity contribution < 1.29 is 0 Å². The van der Waals surface area contributed by atoms with Gasteiger partial charge in [-0.15, -0.1) is 23.7 Å². The van der Waals surface area contributed by atoms with Gasteiger partial charge in [-0.2, -0.15) is 0 Å². The van der Waals surface area contributed by atoms with Crippen LogP contribution in [0.3, 0.4) is 0 Å². The number of halogens is 1. The molecule has 1 saturated heterocycles. The van der Waals surface area contributed by atoms with Crippen LogP contribution in [-0.4, -0.2) is 55.6 Å². The summed E-state index contributed by atoms with van der Waals surface area (Å²) in [5, 5.41) is 5.72. The molecule has 0 aromatic carbocycles. The summed E-state index contributed by atoms with van der Waals surface area (Å²) in [5.41, 5.74) is 0.445. The Hall–Kier alpha value is -0.130. The van der Waals surface area contributed by atoms with E-state index < -0.39 is 0 Å². The molecule has 0 radical (unpaired) electrons. The summed E-state index contributed by atoms with van der Waals surface area (Å²) in [6, 6.07) is 4.44. The molecule has 22 heavy (non-hydrogen) atoms. The van der Waals surface area contributed by atoms with Crippen LogP contribution in [0.4, 0.5) is 0 Å². The summed E-state index contributed by atoms with van der Waals surface area (Å²) < 4.78 is 0. The van der Waals surface area contributed by atoms with Gasteiger partial charge in [0.25, 0.3) is 0 Å². The van der Waals surface area contributed by atoms with Gasteiger partial charge in [-0.1, -0.05) is 26.8 Å². The fourth-order valence-electron chi connectivity index (χ4n) is 3.20. The van der Waals surface area contributed by atoms with Crippen molar-refractivity contribution in [1.82, 2.24) is 15.1 Å². The van der Waals surface area contributed by atoms with E-state index in [0.29, 0.717) is 5.41 Å². The second-order valence-corrected chi connectivity index (χ2v) is 7.59. The maximum atomic E-state index is 3.53. The lowest BCUT2D eigenvalue weighted by atomic mass is 9.89. The van der Waals surface area contributed by atoms with Crippen LogP contribution in [0.5, 0.6) is 0 Å². The van der Waals surface area contributed by atoms with Crippen molar-refractivity contribution in [3.63, 3.8) is 0 Å². The van der Waals surface area contributed by atoms with Gasteiger partial charge >= 0.3 is 0 Å². The molecule has 2 rings (SSSR count). The summed E-state index contributed by atoms with van der Waals surface area (Å²) in [7, 11) is 0. The molecule has 0 amide bonds. The average molecular weight is 346 g/mol. The summed E-state index contributed by atoms with van der Waals surface area (Å²) >= 11 is 1.88. The van der Waals surface area contributed by atoms with E-state index in [-0.39, 0.29) is 12.4 Å². The molecule has 5 heteroatoms. The van der Waals surface area contributed by atoms with Crippen molar-refractivity contribution in [2.24, 2.45) is 5.41 Å². The highest BCUT2D eigenvalue weighted by Crippen LogP contribution is 2.26. The number of nitrogens with zero attached hydrogens (tertiary/aromatic N) is 2. The molecule has 0 spiro atoms. The van der Waals surface area contributed by atoms with E-state index in [4.69, 9.17) is 0 Å². The molecule has 0 bridgehead atoms. The Labute approximate surface area is 146 Å². The van der Waals surface area contributed by atoms with Crippen LogP contribution in [0.1, 0.15) is 32.1 Å². The van der Waals surface area contributed by atoms with Crippen molar-refractivity contribution in [1.29, 1.82) is 0 Å². The van der Waals surface area contributed by atoms with Crippen LogP contribution in [0.25, 0.3) is 0 Å². The smallest absolute Gasteiger partial charge is 0.0328 e. The second-order valence-electron chi connectivity index (χ2n) is 6.55. The van der Waals surface area contributed by atoms with Crippen LogP contribution in [0, 0.1) is 5.41 Å². The number of hydrogen-bond donors (Lipinski definition) is 1. The maximum absolute atomic E-state index is 3.53. The fourth-order valence-corrected chi connectivity index (χ4v) is 3.95. The number of rotatable bonds is 9. The first-order chi connectivity index (χ1) is 10.1. The van der Waals surface area contributed by atoms with Gasteiger partial charge in [0.1, 0.15) is 0 Å². The first-order valence-electron chi connectivity index (χ1n) is 8.33. The third-order valence-corrected chi connectivity index (χ3v) is 5.51. The highest BCUT2D eigenvalue weighted by Gasteiger charge is 2.30. The fraction of sp³-hybridized carbons (Fsp3) is 0.765. The van der Waals surface area contributed by atoms with Gasteiger partial charge in [0, 0.05) is 37.6 Å². The van der Waals surface area contributed by atoms with Gasteiger partial charge in [-0.3, -0.25) is 4.90 Å². The third-order valence-electron chi connectivity index (χ3n) is 4.65. The predicted molar refractivity (Wildman–Crippen MR) is 100 cm³/mol. The Bertz CT molecular complexity index is 387. The zero-order valence-corrected chi connectivity index (χ0v) is 15.9. The minimum atomic E-state index is 0. The van der Waals surface area contributed by atoms with Gasteiger partial charge in [-0.25, -0.2) is 0 Å². The highest BCUT2D eigenvalue weighted by molar-refractivity contribution is 7.09. The average Bonchev–Trinajstić information content (AvgIpc) is 3.12. The molecule has 1 N–H and O–H groups in total. The van der Waals surface area contributed by atoms with Crippen molar-refractivity contribution in [3.05, 3.63) is 22.4 Å². The molecule has 128 valence electrons. The van der Waals surface area contributed by atoms with E-state index in [1.165, 1.54) is 44.0 Å². The standard InChI is InChI=1S/C17H31N3S.ClH/c1-4-19(5-2)10-11-20(13-16-7-6-12-21-16)15-17(3)8-9-18-14-17;/h6-7,12,18H,4-5,8-11,13-15H2,1-3H3;1H. The largest absolute Gasteiger partial charge is 0.316 e. The van der Waals surface area contributed by atoms with Crippen LogP contribution in [-0.2, 0) is 6.54 Å². The minimum Gasteiger partial charge on any atom is -0.316 e. The van der Waals surface area contributed by atoms with E-state index in [2.05, 4.69) is 53.4 Å². The summed E-state index contributed by atoms with van der Waals surface area (Å²) in [4.78, 5) is 6.68. The topological polar surface area (TPSA) is 18.5 Å². The summed E-state index contributed by atoms with van der Waals surface area (Å²) in [5.74, 6) is 0. The van der Waals surface area contributed by atoms with Gasteiger partial charge in [0.15, 0.2) is 0 Å². The first-order valence-corrected chi connectivity index (χ1v) is 9.21. The van der Waals surface area contributed by atoms with E-state index in [0.717, 1.165) is 19.6 Å². The quantitative estimate of drug-likeness (QED) is 0.740. The maximum Gasteiger partial charge on any atom is 0.0328 e. The number of likely N-dealkylation sites (N-methyl/N-ethyl adjacent to an activating group) is 1. The first kappa shape index (κ1) is 19.9. The van der Waals surface area contributed by atoms with E-state index in [1.54, 1.807) is 0 Å². The zero-order valence-electron chi connectivity index (χ0n) is 14.3. The molecule has 2 heterocycles. The molecule has 1 aliphatic heterocycles. The highest BCUT2D eigenvalue weighted by atomic mass is 35.5. The van der Waals surface area contributed by atoms with Crippen molar-refractivity contribution in [2.75, 3.05) is 45.8 Å². The molecule has 0 saturated carbocycles. The Morgan fingerprint density at radius 3 is 2.50 bits per heavy atom. The van der Waals surface area contributed by atoms with Crippen molar-refractivity contribution >= 4 is 23.7 Å². The number of nitrogens with one attached hydrogen (secondary N) is 1. The van der Waals surface area contributed by atoms with Crippen LogP contribution in [0.15, 0.2) is 17.5 Å². The molecule has 1 fully saturated rings. The molecular weight excluding hydrogens is 314 g/mol. The second kappa shape index (κ2) is 9.89. The molecule has 0 aliphatic carbocycles. The molecule has 3 nitrogen and oxygen atoms in total. The Balaban J connectivity index is 0.00000242. The lowest BCUT2D eigenvalue weighted by molar-refractivity contribution is 0.150. The van der Waals surface area contributed by atoms with E-state index in [9.17, 15) is 0 Å². The van der Waals surface area contributed by atoms with Crippen LogP contribution in [0.2, 0.25) is 0 Å². The van der Waals surface area contributed by atoms with Gasteiger partial charge in [0.2, 0.25) is 0 Å². The Kier molecular flexibility index (Phi) is 8.95. The molecule has 1 unspecified atom stereocenters. The summed E-state index contributed by atoms with van der Waals surface area (Å²) in [6.45, 7) is 16.3. The molecule has 1 aromatic rings. The van der Waals surface area contributed by atoms with Crippen LogP contribution >= 0.6 is 23.7 Å². The van der Waals surface area contributed by atoms with E-state index >= 15 is 0 Å².